The first kappa shape index (κ1) is 14.3. The molecule has 23 heavy (non-hydrogen) atoms. The molecule has 6 heteroatoms. The molecule has 2 N–H and O–H groups in total. The number of fused-ring (bicyclic) bond motifs is 1. The summed E-state index contributed by atoms with van der Waals surface area (Å²) in [6.07, 6.45) is 3.59. The molecular weight excluding hydrogens is 288 g/mol. The fraction of sp³-hybridized carbons (Fsp3) is 0.353. The molecule has 4 rings (SSSR count). The van der Waals surface area contributed by atoms with Gasteiger partial charge >= 0.3 is 0 Å². The van der Waals surface area contributed by atoms with Gasteiger partial charge in [-0.2, -0.15) is 0 Å². The van der Waals surface area contributed by atoms with Crippen LogP contribution in [0.4, 0.5) is 0 Å². The van der Waals surface area contributed by atoms with E-state index in [4.69, 9.17) is 5.73 Å². The molecule has 1 aromatic carbocycles. The highest BCUT2D eigenvalue weighted by molar-refractivity contribution is 5.79. The molecule has 0 saturated carbocycles. The molecule has 3 heterocycles. The highest BCUT2D eigenvalue weighted by Gasteiger charge is 2.31. The first-order valence-corrected chi connectivity index (χ1v) is 7.89. The van der Waals surface area contributed by atoms with Gasteiger partial charge in [0.25, 0.3) is 0 Å². The minimum Gasteiger partial charge on any atom is -0.325 e. The Kier molecular flexibility index (Phi) is 3.55. The average Bonchev–Trinajstić information content (AvgIpc) is 3.17. The molecule has 1 aliphatic rings. The highest BCUT2D eigenvalue weighted by atomic mass is 15.4. The van der Waals surface area contributed by atoms with Crippen LogP contribution >= 0.6 is 0 Å². The standard InChI is InChI=1S/C17H20N6/c1-12-2-4-14-8-13(3-5-16(14)20-12)9-22-10-15(18)17(11-22)23-7-6-19-21-23/h2-8,15,17H,9-11,18H2,1H3/t15-,17+/m1/s1. The number of benzene rings is 1. The van der Waals surface area contributed by atoms with Crippen LogP contribution in [-0.4, -0.2) is 44.0 Å². The maximum atomic E-state index is 6.28. The quantitative estimate of drug-likeness (QED) is 0.794. The van der Waals surface area contributed by atoms with Gasteiger partial charge in [0.15, 0.2) is 0 Å². The zero-order valence-electron chi connectivity index (χ0n) is 13.1. The number of aromatic nitrogens is 4. The zero-order valence-corrected chi connectivity index (χ0v) is 13.1. The van der Waals surface area contributed by atoms with Crippen LogP contribution in [0.5, 0.6) is 0 Å². The van der Waals surface area contributed by atoms with Gasteiger partial charge in [-0.15, -0.1) is 5.10 Å². The van der Waals surface area contributed by atoms with Gasteiger partial charge in [0.05, 0.1) is 17.8 Å². The van der Waals surface area contributed by atoms with E-state index in [0.717, 1.165) is 30.8 Å². The molecule has 0 aliphatic carbocycles. The molecule has 0 amide bonds. The molecule has 2 atom stereocenters. The van der Waals surface area contributed by atoms with Crippen molar-refractivity contribution in [2.24, 2.45) is 5.73 Å². The van der Waals surface area contributed by atoms with Crippen molar-refractivity contribution < 1.29 is 0 Å². The number of likely N-dealkylation sites (tertiary alicyclic amines) is 1. The topological polar surface area (TPSA) is 72.9 Å². The normalized spacial score (nSPS) is 22.0. The van der Waals surface area contributed by atoms with Crippen LogP contribution in [0.3, 0.4) is 0 Å². The predicted octanol–water partition coefficient (Wildman–Crippen LogP) is 1.52. The summed E-state index contributed by atoms with van der Waals surface area (Å²) < 4.78 is 1.87. The van der Waals surface area contributed by atoms with E-state index in [1.165, 1.54) is 10.9 Å². The minimum atomic E-state index is 0.0847. The molecule has 0 unspecified atom stereocenters. The molecule has 3 aromatic rings. The maximum Gasteiger partial charge on any atom is 0.0826 e. The van der Waals surface area contributed by atoms with Crippen molar-refractivity contribution in [2.75, 3.05) is 13.1 Å². The lowest BCUT2D eigenvalue weighted by molar-refractivity contribution is 0.310. The molecule has 0 radical (unpaired) electrons. The summed E-state index contributed by atoms with van der Waals surface area (Å²) in [5.74, 6) is 0. The second-order valence-corrected chi connectivity index (χ2v) is 6.29. The van der Waals surface area contributed by atoms with Crippen LogP contribution in [-0.2, 0) is 6.54 Å². The van der Waals surface area contributed by atoms with Crippen molar-refractivity contribution in [3.8, 4) is 0 Å². The number of hydrogen-bond donors (Lipinski definition) is 1. The molecule has 6 nitrogen and oxygen atoms in total. The number of nitrogens with zero attached hydrogens (tertiary/aromatic N) is 5. The Morgan fingerprint density at radius 3 is 2.96 bits per heavy atom. The Morgan fingerprint density at radius 1 is 1.22 bits per heavy atom. The largest absolute Gasteiger partial charge is 0.325 e. The Morgan fingerprint density at radius 2 is 2.13 bits per heavy atom. The summed E-state index contributed by atoms with van der Waals surface area (Å²) >= 11 is 0. The lowest BCUT2D eigenvalue weighted by atomic mass is 10.1. The van der Waals surface area contributed by atoms with E-state index >= 15 is 0 Å². The second kappa shape index (κ2) is 5.72. The van der Waals surface area contributed by atoms with Gasteiger partial charge in [0.2, 0.25) is 0 Å². The lowest BCUT2D eigenvalue weighted by Gasteiger charge is -2.16. The SMILES string of the molecule is Cc1ccc2cc(CN3C[C@@H](N)[C@@H](n4ccnn4)C3)ccc2n1. The van der Waals surface area contributed by atoms with E-state index in [1.807, 2.05) is 17.8 Å². The van der Waals surface area contributed by atoms with E-state index in [1.54, 1.807) is 6.20 Å². The van der Waals surface area contributed by atoms with Crippen molar-refractivity contribution in [3.63, 3.8) is 0 Å². The van der Waals surface area contributed by atoms with Gasteiger partial charge < -0.3 is 5.73 Å². The van der Waals surface area contributed by atoms with Crippen LogP contribution in [0.15, 0.2) is 42.7 Å². The van der Waals surface area contributed by atoms with E-state index in [-0.39, 0.29) is 12.1 Å². The summed E-state index contributed by atoms with van der Waals surface area (Å²) in [6.45, 7) is 4.68. The lowest BCUT2D eigenvalue weighted by Crippen LogP contribution is -2.31. The smallest absolute Gasteiger partial charge is 0.0826 e. The summed E-state index contributed by atoms with van der Waals surface area (Å²) in [7, 11) is 0. The van der Waals surface area contributed by atoms with E-state index in [9.17, 15) is 0 Å². The van der Waals surface area contributed by atoms with E-state index < -0.39 is 0 Å². The third kappa shape index (κ3) is 2.83. The first-order valence-electron chi connectivity index (χ1n) is 7.89. The van der Waals surface area contributed by atoms with Crippen LogP contribution in [0.2, 0.25) is 0 Å². The number of rotatable bonds is 3. The molecule has 1 fully saturated rings. The van der Waals surface area contributed by atoms with Crippen molar-refractivity contribution in [3.05, 3.63) is 54.0 Å². The highest BCUT2D eigenvalue weighted by Crippen LogP contribution is 2.23. The van der Waals surface area contributed by atoms with Gasteiger partial charge in [0, 0.05) is 43.0 Å². The Bertz CT molecular complexity index is 813. The molecular formula is C17H20N6. The second-order valence-electron chi connectivity index (χ2n) is 6.29. The van der Waals surface area contributed by atoms with E-state index in [2.05, 4.69) is 50.5 Å². The predicted molar refractivity (Wildman–Crippen MR) is 88.8 cm³/mol. The van der Waals surface area contributed by atoms with Crippen LogP contribution < -0.4 is 5.73 Å². The fourth-order valence-corrected chi connectivity index (χ4v) is 3.33. The fourth-order valence-electron chi connectivity index (χ4n) is 3.33. The molecule has 118 valence electrons. The van der Waals surface area contributed by atoms with Crippen molar-refractivity contribution in [2.45, 2.75) is 25.6 Å². The van der Waals surface area contributed by atoms with Gasteiger partial charge in [-0.25, -0.2) is 4.68 Å². The summed E-state index contributed by atoms with van der Waals surface area (Å²) in [5, 5.41) is 9.16. The van der Waals surface area contributed by atoms with Gasteiger partial charge in [0.1, 0.15) is 0 Å². The Balaban J connectivity index is 1.51. The Hall–Kier alpha value is -2.31. The van der Waals surface area contributed by atoms with Crippen molar-refractivity contribution >= 4 is 10.9 Å². The number of aryl methyl sites for hydroxylation is 1. The average molecular weight is 308 g/mol. The minimum absolute atomic E-state index is 0.0847. The van der Waals surface area contributed by atoms with E-state index in [0.29, 0.717) is 0 Å². The van der Waals surface area contributed by atoms with Crippen molar-refractivity contribution in [1.82, 2.24) is 24.9 Å². The molecule has 1 aliphatic heterocycles. The van der Waals surface area contributed by atoms with Crippen LogP contribution in [0, 0.1) is 6.92 Å². The van der Waals surface area contributed by atoms with Crippen LogP contribution in [0.25, 0.3) is 10.9 Å². The van der Waals surface area contributed by atoms with Gasteiger partial charge in [-0.1, -0.05) is 17.3 Å². The maximum absolute atomic E-state index is 6.28. The molecule has 2 aromatic heterocycles. The van der Waals surface area contributed by atoms with Gasteiger partial charge in [-0.3, -0.25) is 9.88 Å². The molecule has 0 spiro atoms. The third-order valence-corrected chi connectivity index (χ3v) is 4.49. The summed E-state index contributed by atoms with van der Waals surface area (Å²) in [6, 6.07) is 10.9. The molecule has 1 saturated heterocycles. The summed E-state index contributed by atoms with van der Waals surface area (Å²) in [5.41, 5.74) is 9.66. The zero-order chi connectivity index (χ0) is 15.8. The van der Waals surface area contributed by atoms with Crippen molar-refractivity contribution in [1.29, 1.82) is 0 Å². The molecule has 0 bridgehead atoms. The number of hydrogen-bond acceptors (Lipinski definition) is 5. The first-order chi connectivity index (χ1) is 11.2. The number of nitrogens with two attached hydrogens (primary N) is 1. The van der Waals surface area contributed by atoms with Crippen LogP contribution in [0.1, 0.15) is 17.3 Å². The number of pyridine rings is 1. The summed E-state index contributed by atoms with van der Waals surface area (Å²) in [4.78, 5) is 6.93. The third-order valence-electron chi connectivity index (χ3n) is 4.49. The Labute approximate surface area is 134 Å². The monoisotopic (exact) mass is 308 g/mol. The van der Waals surface area contributed by atoms with Gasteiger partial charge in [-0.05, 0) is 30.7 Å².